The van der Waals surface area contributed by atoms with Gasteiger partial charge in [-0.15, -0.1) is 49.9 Å². The molecule has 0 nitrogen and oxygen atoms in total. The van der Waals surface area contributed by atoms with Crippen molar-refractivity contribution in [1.29, 1.82) is 0 Å². The minimum Gasteiger partial charge on any atom is -0.124 e. The van der Waals surface area contributed by atoms with Crippen molar-refractivity contribution in [2.24, 2.45) is 0 Å². The summed E-state index contributed by atoms with van der Waals surface area (Å²) in [6.45, 7) is 7.23. The lowest BCUT2D eigenvalue weighted by Crippen LogP contribution is -2.31. The lowest BCUT2D eigenvalue weighted by Gasteiger charge is -2.08. The monoisotopic (exact) mass is 234 g/mol. The van der Waals surface area contributed by atoms with E-state index in [1.54, 1.807) is 11.4 Å². The van der Waals surface area contributed by atoms with Crippen LogP contribution in [0.4, 0.5) is 0 Å². The van der Waals surface area contributed by atoms with Crippen LogP contribution in [0.15, 0.2) is 24.6 Å². The molecule has 0 aromatic rings. The van der Waals surface area contributed by atoms with Gasteiger partial charge in [0.2, 0.25) is 0 Å². The van der Waals surface area contributed by atoms with E-state index in [4.69, 9.17) is 25.7 Å². The normalized spacial score (nSPS) is 9.00. The minimum absolute atomic E-state index is 1.55. The second kappa shape index (κ2) is 5.56. The standard InChI is InChI=1S/C14H10Si2/c1-7-15(8-2,9-3)13-14-16(10-4,11-5)12-6/h1-2,4-5,9,12H,3,6H2. The molecule has 0 aliphatic rings. The summed E-state index contributed by atoms with van der Waals surface area (Å²) < 4.78 is 0. The van der Waals surface area contributed by atoms with E-state index in [0.29, 0.717) is 0 Å². The third kappa shape index (κ3) is 2.61. The third-order valence-corrected chi connectivity index (χ3v) is 6.31. The number of hydrogen-bond donors (Lipinski definition) is 0. The molecule has 0 bridgehead atoms. The Morgan fingerprint density at radius 3 is 1.06 bits per heavy atom. The zero-order valence-corrected chi connectivity index (χ0v) is 10.9. The molecular weight excluding hydrogens is 224 g/mol. The first-order chi connectivity index (χ1) is 7.57. The van der Waals surface area contributed by atoms with Gasteiger partial charge in [-0.2, -0.15) is 0 Å². The van der Waals surface area contributed by atoms with Crippen molar-refractivity contribution < 1.29 is 0 Å². The molecule has 0 amide bonds. The Hall–Kier alpha value is -2.29. The maximum absolute atomic E-state index is 5.36. The first-order valence-electron chi connectivity index (χ1n) is 4.30. The Balaban J connectivity index is 5.65. The number of hydrogen-bond acceptors (Lipinski definition) is 0. The van der Waals surface area contributed by atoms with Crippen LogP contribution in [0.2, 0.25) is 0 Å². The third-order valence-electron chi connectivity index (χ3n) is 1.98. The summed E-state index contributed by atoms with van der Waals surface area (Å²) in [6.07, 6.45) is 21.5. The van der Waals surface area contributed by atoms with Crippen LogP contribution in [0, 0.1) is 59.0 Å². The molecule has 0 saturated heterocycles. The number of terminal acetylenes is 4. The Morgan fingerprint density at radius 1 is 0.688 bits per heavy atom. The summed E-state index contributed by atoms with van der Waals surface area (Å²) in [5.41, 5.74) is 18.9. The molecule has 74 valence electrons. The largest absolute Gasteiger partial charge is 0.312 e. The van der Waals surface area contributed by atoms with Gasteiger partial charge in [-0.3, -0.25) is 0 Å². The van der Waals surface area contributed by atoms with Crippen molar-refractivity contribution >= 4 is 16.1 Å². The summed E-state index contributed by atoms with van der Waals surface area (Å²) in [6, 6.07) is 0. The predicted molar refractivity (Wildman–Crippen MR) is 75.0 cm³/mol. The molecule has 0 saturated carbocycles. The zero-order valence-electron chi connectivity index (χ0n) is 8.88. The van der Waals surface area contributed by atoms with Crippen LogP contribution in [-0.4, -0.2) is 16.1 Å². The van der Waals surface area contributed by atoms with Crippen LogP contribution < -0.4 is 0 Å². The molecule has 0 spiro atoms. The Kier molecular flexibility index (Phi) is 4.77. The molecule has 0 aromatic carbocycles. The molecule has 0 rings (SSSR count). The fourth-order valence-corrected chi connectivity index (χ4v) is 3.47. The molecule has 16 heavy (non-hydrogen) atoms. The second-order valence-electron chi connectivity index (χ2n) is 2.85. The van der Waals surface area contributed by atoms with Gasteiger partial charge in [0.15, 0.2) is 0 Å². The average molecular weight is 234 g/mol. The van der Waals surface area contributed by atoms with Crippen molar-refractivity contribution in [3.63, 3.8) is 0 Å². The average Bonchev–Trinajstić information content (AvgIpc) is 2.37. The van der Waals surface area contributed by atoms with Gasteiger partial charge in [0.25, 0.3) is 0 Å². The molecule has 0 fully saturated rings. The molecule has 0 atom stereocenters. The van der Waals surface area contributed by atoms with Gasteiger partial charge in [-0.1, -0.05) is 33.6 Å². The molecule has 0 aromatic heterocycles. The van der Waals surface area contributed by atoms with E-state index in [-0.39, 0.29) is 0 Å². The predicted octanol–water partition coefficient (Wildman–Crippen LogP) is 1.11. The summed E-state index contributed by atoms with van der Waals surface area (Å²) >= 11 is 0. The van der Waals surface area contributed by atoms with E-state index in [1.807, 2.05) is 0 Å². The summed E-state index contributed by atoms with van der Waals surface area (Å²) in [5, 5.41) is 0. The first-order valence-corrected chi connectivity index (χ1v) is 8.45. The van der Waals surface area contributed by atoms with Gasteiger partial charge in [-0.05, 0) is 0 Å². The highest BCUT2D eigenvalue weighted by molar-refractivity contribution is 7.08. The molecule has 2 heteroatoms. The fourth-order valence-electron chi connectivity index (χ4n) is 0.763. The van der Waals surface area contributed by atoms with E-state index in [1.165, 1.54) is 0 Å². The molecular formula is C14H10Si2. The lowest BCUT2D eigenvalue weighted by atomic mass is 11.2. The number of rotatable bonds is 2. The summed E-state index contributed by atoms with van der Waals surface area (Å²) in [7, 11) is -5.24. The van der Waals surface area contributed by atoms with Crippen LogP contribution in [-0.2, 0) is 0 Å². The second-order valence-corrected chi connectivity index (χ2v) is 8.55. The maximum Gasteiger partial charge on any atom is 0.312 e. The molecule has 0 heterocycles. The molecule has 0 unspecified atom stereocenters. The van der Waals surface area contributed by atoms with Crippen molar-refractivity contribution in [1.82, 2.24) is 0 Å². The van der Waals surface area contributed by atoms with Crippen molar-refractivity contribution in [3.05, 3.63) is 24.6 Å². The Bertz CT molecular complexity index is 451. The molecule has 0 aliphatic heterocycles. The fraction of sp³-hybridized carbons (Fsp3) is 0. The summed E-state index contributed by atoms with van der Waals surface area (Å²) in [4.78, 5) is 0. The lowest BCUT2D eigenvalue weighted by molar-refractivity contribution is 2.25. The van der Waals surface area contributed by atoms with Crippen LogP contribution in [0.3, 0.4) is 0 Å². The van der Waals surface area contributed by atoms with Crippen LogP contribution in [0.25, 0.3) is 0 Å². The molecule has 0 radical (unpaired) electrons. The quantitative estimate of drug-likeness (QED) is 0.496. The first kappa shape index (κ1) is 13.7. The SMILES string of the molecule is C#C[Si](C#C)(C#C[Si](C#C)(C#C)C=C)C=C. The van der Waals surface area contributed by atoms with Gasteiger partial charge in [-0.25, -0.2) is 0 Å². The van der Waals surface area contributed by atoms with E-state index in [9.17, 15) is 0 Å². The zero-order chi connectivity index (χ0) is 12.7. The Morgan fingerprint density at radius 2 is 0.938 bits per heavy atom. The maximum atomic E-state index is 5.36. The van der Waals surface area contributed by atoms with Gasteiger partial charge in [0.05, 0.1) is 0 Å². The minimum atomic E-state index is -2.62. The van der Waals surface area contributed by atoms with Crippen molar-refractivity contribution in [2.75, 3.05) is 0 Å². The van der Waals surface area contributed by atoms with Gasteiger partial charge in [0.1, 0.15) is 0 Å². The van der Waals surface area contributed by atoms with Crippen molar-refractivity contribution in [3.8, 4) is 59.0 Å². The smallest absolute Gasteiger partial charge is 0.124 e. The molecule has 0 aliphatic carbocycles. The van der Waals surface area contributed by atoms with Crippen molar-refractivity contribution in [2.45, 2.75) is 0 Å². The van der Waals surface area contributed by atoms with E-state index in [2.05, 4.69) is 46.4 Å². The Labute approximate surface area is 99.9 Å². The van der Waals surface area contributed by atoms with Gasteiger partial charge in [0, 0.05) is 0 Å². The molecule has 0 N–H and O–H groups in total. The van der Waals surface area contributed by atoms with Crippen LogP contribution in [0.1, 0.15) is 0 Å². The van der Waals surface area contributed by atoms with E-state index >= 15 is 0 Å². The highest BCUT2D eigenvalue weighted by Gasteiger charge is 2.26. The van der Waals surface area contributed by atoms with Crippen LogP contribution in [0.5, 0.6) is 0 Å². The highest BCUT2D eigenvalue weighted by atomic mass is 28.3. The van der Waals surface area contributed by atoms with E-state index < -0.39 is 16.1 Å². The van der Waals surface area contributed by atoms with E-state index in [0.717, 1.165) is 0 Å². The van der Waals surface area contributed by atoms with Gasteiger partial charge >= 0.3 is 16.1 Å². The topological polar surface area (TPSA) is 0 Å². The summed E-state index contributed by atoms with van der Waals surface area (Å²) in [5.74, 6) is 0. The van der Waals surface area contributed by atoms with Gasteiger partial charge < -0.3 is 0 Å². The van der Waals surface area contributed by atoms with Crippen LogP contribution >= 0.6 is 0 Å². The highest BCUT2D eigenvalue weighted by Crippen LogP contribution is 2.03.